The zero-order chi connectivity index (χ0) is 7.84. The van der Waals surface area contributed by atoms with Crippen molar-refractivity contribution >= 4 is 33.6 Å². The molecule has 56 valence electrons. The number of rotatable bonds is 0. The number of nitrogens with one attached hydrogen (secondary N) is 1. The molecule has 0 aliphatic heterocycles. The van der Waals surface area contributed by atoms with Gasteiger partial charge in [0.15, 0.2) is 0 Å². The predicted octanol–water partition coefficient (Wildman–Crippen LogP) is 1.87. The molecule has 11 heavy (non-hydrogen) atoms. The SMILES string of the molecule is Cc1ncc2[nH]cc(I)c2n1. The van der Waals surface area contributed by atoms with E-state index in [9.17, 15) is 0 Å². The Morgan fingerprint density at radius 2 is 2.36 bits per heavy atom. The summed E-state index contributed by atoms with van der Waals surface area (Å²) in [6, 6.07) is 0. The Balaban J connectivity index is 2.87. The summed E-state index contributed by atoms with van der Waals surface area (Å²) in [5, 5.41) is 0. The molecule has 3 nitrogen and oxygen atoms in total. The topological polar surface area (TPSA) is 41.6 Å². The van der Waals surface area contributed by atoms with Gasteiger partial charge < -0.3 is 4.98 Å². The summed E-state index contributed by atoms with van der Waals surface area (Å²) < 4.78 is 1.14. The fourth-order valence-corrected chi connectivity index (χ4v) is 1.53. The Morgan fingerprint density at radius 3 is 3.18 bits per heavy atom. The third kappa shape index (κ3) is 1.11. The molecule has 2 aromatic rings. The van der Waals surface area contributed by atoms with Crippen LogP contribution in [0.25, 0.3) is 11.0 Å². The zero-order valence-electron chi connectivity index (χ0n) is 5.93. The molecule has 0 radical (unpaired) electrons. The maximum Gasteiger partial charge on any atom is 0.126 e. The van der Waals surface area contributed by atoms with Crippen molar-refractivity contribution in [3.05, 3.63) is 21.8 Å². The van der Waals surface area contributed by atoms with Gasteiger partial charge in [-0.15, -0.1) is 0 Å². The van der Waals surface area contributed by atoms with Gasteiger partial charge in [-0.1, -0.05) is 0 Å². The second kappa shape index (κ2) is 2.44. The van der Waals surface area contributed by atoms with Gasteiger partial charge in [0.1, 0.15) is 11.3 Å². The predicted molar refractivity (Wildman–Crippen MR) is 51.3 cm³/mol. The number of hydrogen-bond acceptors (Lipinski definition) is 2. The molecule has 4 heteroatoms. The molecule has 0 fully saturated rings. The van der Waals surface area contributed by atoms with Crippen molar-refractivity contribution in [2.75, 3.05) is 0 Å². The monoisotopic (exact) mass is 259 g/mol. The molecule has 2 aromatic heterocycles. The van der Waals surface area contributed by atoms with Gasteiger partial charge in [-0.05, 0) is 29.5 Å². The lowest BCUT2D eigenvalue weighted by atomic mass is 10.4. The highest BCUT2D eigenvalue weighted by Crippen LogP contribution is 2.16. The van der Waals surface area contributed by atoms with Crippen molar-refractivity contribution in [2.45, 2.75) is 6.92 Å². The van der Waals surface area contributed by atoms with E-state index in [1.165, 1.54) is 0 Å². The molecule has 0 saturated carbocycles. The molecule has 0 bridgehead atoms. The van der Waals surface area contributed by atoms with Gasteiger partial charge in [-0.25, -0.2) is 9.97 Å². The number of H-pyrrole nitrogens is 1. The van der Waals surface area contributed by atoms with E-state index in [1.807, 2.05) is 13.1 Å². The van der Waals surface area contributed by atoms with E-state index in [4.69, 9.17) is 0 Å². The standard InChI is InChI=1S/C7H6IN3/c1-4-9-3-6-7(11-4)5(8)2-10-6/h2-3,10H,1H3. The molecule has 0 saturated heterocycles. The third-order valence-electron chi connectivity index (χ3n) is 1.49. The third-order valence-corrected chi connectivity index (χ3v) is 2.31. The van der Waals surface area contributed by atoms with Gasteiger partial charge in [-0.2, -0.15) is 0 Å². The minimum absolute atomic E-state index is 0.815. The Bertz CT molecular complexity index is 393. The van der Waals surface area contributed by atoms with Crippen molar-refractivity contribution in [1.29, 1.82) is 0 Å². The summed E-state index contributed by atoms with van der Waals surface area (Å²) in [7, 11) is 0. The van der Waals surface area contributed by atoms with Crippen molar-refractivity contribution in [2.24, 2.45) is 0 Å². The molecule has 0 unspecified atom stereocenters. The highest BCUT2D eigenvalue weighted by atomic mass is 127. The number of aromatic nitrogens is 3. The molecule has 0 aliphatic rings. The molecule has 0 aliphatic carbocycles. The van der Waals surface area contributed by atoms with Crippen molar-refractivity contribution in [3.63, 3.8) is 0 Å². The molecule has 0 amide bonds. The van der Waals surface area contributed by atoms with Crippen LogP contribution in [0.3, 0.4) is 0 Å². The lowest BCUT2D eigenvalue weighted by molar-refractivity contribution is 1.09. The number of fused-ring (bicyclic) bond motifs is 1. The summed E-state index contributed by atoms with van der Waals surface area (Å²) in [4.78, 5) is 11.4. The van der Waals surface area contributed by atoms with Crippen LogP contribution in [-0.2, 0) is 0 Å². The minimum Gasteiger partial charge on any atom is -0.358 e. The molecule has 0 aromatic carbocycles. The van der Waals surface area contributed by atoms with E-state index in [-0.39, 0.29) is 0 Å². The fraction of sp³-hybridized carbons (Fsp3) is 0.143. The number of aryl methyl sites for hydroxylation is 1. The lowest BCUT2D eigenvalue weighted by Crippen LogP contribution is -1.85. The van der Waals surface area contributed by atoms with Gasteiger partial charge in [0.2, 0.25) is 0 Å². The van der Waals surface area contributed by atoms with Gasteiger partial charge in [-0.3, -0.25) is 0 Å². The lowest BCUT2D eigenvalue weighted by Gasteiger charge is -1.90. The first-order valence-electron chi connectivity index (χ1n) is 3.23. The molecule has 2 rings (SSSR count). The summed E-state index contributed by atoms with van der Waals surface area (Å²) in [5.41, 5.74) is 2.01. The Hall–Kier alpha value is -0.650. The Morgan fingerprint density at radius 1 is 1.55 bits per heavy atom. The van der Waals surface area contributed by atoms with Crippen LogP contribution in [0.2, 0.25) is 0 Å². The van der Waals surface area contributed by atoms with Gasteiger partial charge in [0.25, 0.3) is 0 Å². The average Bonchev–Trinajstić information content (AvgIpc) is 2.33. The smallest absolute Gasteiger partial charge is 0.126 e. The highest BCUT2D eigenvalue weighted by Gasteiger charge is 2.01. The van der Waals surface area contributed by atoms with Crippen molar-refractivity contribution in [3.8, 4) is 0 Å². The molecular weight excluding hydrogens is 253 g/mol. The van der Waals surface area contributed by atoms with Crippen molar-refractivity contribution < 1.29 is 0 Å². The molecule has 2 heterocycles. The Kier molecular flexibility index (Phi) is 1.56. The first-order chi connectivity index (χ1) is 5.27. The molecule has 0 atom stereocenters. The second-order valence-corrected chi connectivity index (χ2v) is 3.48. The fourth-order valence-electron chi connectivity index (χ4n) is 0.967. The minimum atomic E-state index is 0.815. The number of aromatic amines is 1. The van der Waals surface area contributed by atoms with E-state index in [0.29, 0.717) is 0 Å². The maximum atomic E-state index is 4.29. The van der Waals surface area contributed by atoms with E-state index in [2.05, 4.69) is 37.5 Å². The average molecular weight is 259 g/mol. The van der Waals surface area contributed by atoms with Gasteiger partial charge in [0.05, 0.1) is 15.3 Å². The number of halogens is 1. The maximum absolute atomic E-state index is 4.29. The van der Waals surface area contributed by atoms with E-state index in [0.717, 1.165) is 20.4 Å². The van der Waals surface area contributed by atoms with Crippen molar-refractivity contribution in [1.82, 2.24) is 15.0 Å². The quantitative estimate of drug-likeness (QED) is 0.734. The summed E-state index contributed by atoms with van der Waals surface area (Å²) in [6.45, 7) is 1.89. The Labute approximate surface area is 77.4 Å². The van der Waals surface area contributed by atoms with Crippen LogP contribution in [0.1, 0.15) is 5.82 Å². The molecule has 1 N–H and O–H groups in total. The van der Waals surface area contributed by atoms with E-state index >= 15 is 0 Å². The normalized spacial score (nSPS) is 10.7. The van der Waals surface area contributed by atoms with Gasteiger partial charge in [0, 0.05) is 6.20 Å². The second-order valence-electron chi connectivity index (χ2n) is 2.32. The van der Waals surface area contributed by atoms with Crippen LogP contribution >= 0.6 is 22.6 Å². The first kappa shape index (κ1) is 7.02. The molecule has 0 spiro atoms. The van der Waals surface area contributed by atoms with Crippen LogP contribution < -0.4 is 0 Å². The van der Waals surface area contributed by atoms with Crippen LogP contribution in [0, 0.1) is 10.5 Å². The molecular formula is C7H6IN3. The van der Waals surface area contributed by atoms with E-state index < -0.39 is 0 Å². The largest absolute Gasteiger partial charge is 0.358 e. The summed E-state index contributed by atoms with van der Waals surface area (Å²) >= 11 is 2.25. The summed E-state index contributed by atoms with van der Waals surface area (Å²) in [6.07, 6.45) is 3.74. The zero-order valence-corrected chi connectivity index (χ0v) is 8.08. The first-order valence-corrected chi connectivity index (χ1v) is 4.31. The van der Waals surface area contributed by atoms with Crippen LogP contribution in [-0.4, -0.2) is 15.0 Å². The highest BCUT2D eigenvalue weighted by molar-refractivity contribution is 14.1. The van der Waals surface area contributed by atoms with Crippen LogP contribution in [0.5, 0.6) is 0 Å². The summed E-state index contributed by atoms with van der Waals surface area (Å²) in [5.74, 6) is 0.815. The van der Waals surface area contributed by atoms with Gasteiger partial charge >= 0.3 is 0 Å². The number of hydrogen-bond donors (Lipinski definition) is 1. The van der Waals surface area contributed by atoms with Crippen LogP contribution in [0.15, 0.2) is 12.4 Å². The number of nitrogens with zero attached hydrogens (tertiary/aromatic N) is 2. The van der Waals surface area contributed by atoms with E-state index in [1.54, 1.807) is 6.20 Å². The van der Waals surface area contributed by atoms with Crippen LogP contribution in [0.4, 0.5) is 0 Å².